The van der Waals surface area contributed by atoms with Gasteiger partial charge >= 0.3 is 0 Å². The van der Waals surface area contributed by atoms with Gasteiger partial charge in [-0.25, -0.2) is 8.42 Å². The van der Waals surface area contributed by atoms with Crippen molar-refractivity contribution in [2.24, 2.45) is 11.8 Å². The number of sulfone groups is 1. The molecular weight excluding hydrogens is 408 g/mol. The van der Waals surface area contributed by atoms with Gasteiger partial charge < -0.3 is 19.6 Å². The summed E-state index contributed by atoms with van der Waals surface area (Å²) in [5.41, 5.74) is 0.850. The van der Waals surface area contributed by atoms with Crippen molar-refractivity contribution in [3.63, 3.8) is 0 Å². The van der Waals surface area contributed by atoms with Crippen LogP contribution < -0.4 is 0 Å². The lowest BCUT2D eigenvalue weighted by atomic mass is 9.77. The highest BCUT2D eigenvalue weighted by molar-refractivity contribution is 7.90. The van der Waals surface area contributed by atoms with Gasteiger partial charge in [-0.3, -0.25) is 9.59 Å². The van der Waals surface area contributed by atoms with Crippen molar-refractivity contribution in [2.45, 2.75) is 36.3 Å². The molecule has 1 heterocycles. The topological polar surface area (TPSA) is 104 Å². The van der Waals surface area contributed by atoms with Gasteiger partial charge in [-0.15, -0.1) is 0 Å². The summed E-state index contributed by atoms with van der Waals surface area (Å²) >= 11 is 0. The molecule has 1 N–H and O–H groups in total. The zero-order chi connectivity index (χ0) is 22.5. The monoisotopic (exact) mass is 440 g/mol. The summed E-state index contributed by atoms with van der Waals surface area (Å²) < 4.78 is 28.8. The van der Waals surface area contributed by atoms with Crippen LogP contribution in [0.25, 0.3) is 0 Å². The molecule has 1 aliphatic heterocycles. The van der Waals surface area contributed by atoms with Crippen LogP contribution in [0.5, 0.6) is 0 Å². The van der Waals surface area contributed by atoms with E-state index in [1.54, 1.807) is 31.4 Å². The van der Waals surface area contributed by atoms with Gasteiger partial charge in [0.25, 0.3) is 6.47 Å². The third-order valence-electron chi connectivity index (χ3n) is 6.11. The summed E-state index contributed by atoms with van der Waals surface area (Å²) in [6.07, 6.45) is 3.78. The second-order valence-corrected chi connectivity index (χ2v) is 10.3. The molecule has 0 spiro atoms. The molecule has 3 rings (SSSR count). The van der Waals surface area contributed by atoms with E-state index in [0.29, 0.717) is 24.3 Å². The fourth-order valence-electron chi connectivity index (χ4n) is 4.53. The van der Waals surface area contributed by atoms with Crippen LogP contribution in [0.15, 0.2) is 29.2 Å². The first-order chi connectivity index (χ1) is 14.1. The molecule has 168 valence electrons. The van der Waals surface area contributed by atoms with Crippen molar-refractivity contribution in [1.82, 2.24) is 9.80 Å². The first-order valence-corrected chi connectivity index (χ1v) is 11.8. The molecule has 1 aromatic carbocycles. The Bertz CT molecular complexity index is 824. The van der Waals surface area contributed by atoms with Crippen molar-refractivity contribution in [2.75, 3.05) is 40.6 Å². The molecule has 2 aliphatic rings. The number of likely N-dealkylation sites (tertiary alicyclic amines) is 1. The first kappa shape index (κ1) is 24.3. The highest BCUT2D eigenvalue weighted by Crippen LogP contribution is 2.38. The summed E-state index contributed by atoms with van der Waals surface area (Å²) in [5, 5.41) is 6.89. The molecule has 0 aromatic heterocycles. The predicted octanol–water partition coefficient (Wildman–Crippen LogP) is 1.15. The van der Waals surface area contributed by atoms with E-state index >= 15 is 0 Å². The molecule has 1 aliphatic carbocycles. The molecule has 2 fully saturated rings. The smallest absolute Gasteiger partial charge is 0.290 e. The average molecular weight is 441 g/mol. The molecule has 0 bridgehead atoms. The van der Waals surface area contributed by atoms with Gasteiger partial charge in [-0.2, -0.15) is 0 Å². The highest BCUT2D eigenvalue weighted by Gasteiger charge is 2.44. The Morgan fingerprint density at radius 3 is 2.20 bits per heavy atom. The molecule has 9 heteroatoms. The standard InChI is InChI=1S/C20H30N2O4S.CH2O2/c1-21(2)18-10-15-12-22(13-16(15)11-19(18)26-3)20(23)9-14-5-7-17(8-6-14)27(4,24)25;2-1-3/h5-8,15-16,18-19H,9-13H2,1-4H3;1H,(H,2,3)/t15-,16+,18-,19-;/m1./s1. The van der Waals surface area contributed by atoms with Gasteiger partial charge in [0.05, 0.1) is 17.4 Å². The molecular formula is C21H32N2O6S. The van der Waals surface area contributed by atoms with E-state index in [0.717, 1.165) is 31.5 Å². The van der Waals surface area contributed by atoms with Crippen LogP contribution in [-0.2, 0) is 30.6 Å². The van der Waals surface area contributed by atoms with Gasteiger partial charge in [0.2, 0.25) is 5.91 Å². The molecule has 1 aromatic rings. The third-order valence-corrected chi connectivity index (χ3v) is 7.24. The molecule has 8 nitrogen and oxygen atoms in total. The number of carboxylic acid groups (broad SMARTS) is 1. The van der Waals surface area contributed by atoms with E-state index in [-0.39, 0.29) is 23.4 Å². The Labute approximate surface area is 178 Å². The van der Waals surface area contributed by atoms with E-state index in [4.69, 9.17) is 14.6 Å². The molecule has 1 amide bonds. The number of nitrogens with zero attached hydrogens (tertiary/aromatic N) is 2. The minimum absolute atomic E-state index is 0.117. The van der Waals surface area contributed by atoms with E-state index in [2.05, 4.69) is 19.0 Å². The van der Waals surface area contributed by atoms with Crippen molar-refractivity contribution in [3.05, 3.63) is 29.8 Å². The van der Waals surface area contributed by atoms with Crippen LogP contribution in [0.3, 0.4) is 0 Å². The van der Waals surface area contributed by atoms with Gasteiger partial charge in [-0.05, 0) is 56.5 Å². The normalized spacial score (nSPS) is 26.0. The van der Waals surface area contributed by atoms with Crippen LogP contribution in [0, 0.1) is 11.8 Å². The van der Waals surface area contributed by atoms with Crippen molar-refractivity contribution in [1.29, 1.82) is 0 Å². The number of carbonyl (C=O) groups excluding carboxylic acids is 1. The first-order valence-electron chi connectivity index (χ1n) is 9.94. The van der Waals surface area contributed by atoms with Crippen LogP contribution in [0.1, 0.15) is 18.4 Å². The summed E-state index contributed by atoms with van der Waals surface area (Å²) in [4.78, 5) is 25.6. The van der Waals surface area contributed by atoms with Crippen molar-refractivity contribution < 1.29 is 27.9 Å². The van der Waals surface area contributed by atoms with Gasteiger partial charge in [0, 0.05) is 32.5 Å². The number of likely N-dealkylation sites (N-methyl/N-ethyl adjacent to an activating group) is 1. The maximum Gasteiger partial charge on any atom is 0.290 e. The number of hydrogen-bond acceptors (Lipinski definition) is 6. The molecule has 0 radical (unpaired) electrons. The number of carbonyl (C=O) groups is 2. The van der Waals surface area contributed by atoms with Crippen LogP contribution in [-0.4, -0.2) is 88.4 Å². The highest BCUT2D eigenvalue weighted by atomic mass is 32.2. The van der Waals surface area contributed by atoms with Crippen LogP contribution in [0.4, 0.5) is 0 Å². The Balaban J connectivity index is 0.00000101. The molecule has 0 unspecified atom stereocenters. The Kier molecular flexibility index (Phi) is 8.40. The van der Waals surface area contributed by atoms with E-state index in [1.165, 1.54) is 6.26 Å². The predicted molar refractivity (Wildman–Crippen MR) is 113 cm³/mol. The quantitative estimate of drug-likeness (QED) is 0.685. The Morgan fingerprint density at radius 2 is 1.73 bits per heavy atom. The average Bonchev–Trinajstić information content (AvgIpc) is 3.10. The number of benzene rings is 1. The minimum atomic E-state index is -3.21. The van der Waals surface area contributed by atoms with Gasteiger partial charge in [0.15, 0.2) is 9.84 Å². The molecule has 4 atom stereocenters. The molecule has 30 heavy (non-hydrogen) atoms. The van der Waals surface area contributed by atoms with Crippen molar-refractivity contribution >= 4 is 22.2 Å². The maximum absolute atomic E-state index is 12.8. The number of fused-ring (bicyclic) bond motifs is 1. The fraction of sp³-hybridized carbons (Fsp3) is 0.619. The lowest BCUT2D eigenvalue weighted by Crippen LogP contribution is -2.47. The third kappa shape index (κ3) is 6.02. The van der Waals surface area contributed by atoms with E-state index in [9.17, 15) is 13.2 Å². The molecule has 1 saturated heterocycles. The Hall–Kier alpha value is -1.97. The summed E-state index contributed by atoms with van der Waals surface area (Å²) in [6, 6.07) is 7.02. The van der Waals surface area contributed by atoms with Gasteiger partial charge in [0.1, 0.15) is 0 Å². The lowest BCUT2D eigenvalue weighted by Gasteiger charge is -2.40. The van der Waals surface area contributed by atoms with E-state index < -0.39 is 9.84 Å². The zero-order valence-corrected chi connectivity index (χ0v) is 18.8. The van der Waals surface area contributed by atoms with Crippen molar-refractivity contribution in [3.8, 4) is 0 Å². The number of methoxy groups -OCH3 is 1. The second-order valence-electron chi connectivity index (χ2n) is 8.29. The number of rotatable bonds is 5. The number of amides is 1. The molecule has 1 saturated carbocycles. The second kappa shape index (κ2) is 10.4. The maximum atomic E-state index is 12.8. The number of hydrogen-bond donors (Lipinski definition) is 1. The largest absolute Gasteiger partial charge is 0.483 e. The lowest BCUT2D eigenvalue weighted by molar-refractivity contribution is -0.129. The summed E-state index contributed by atoms with van der Waals surface area (Å²) in [6.45, 7) is 1.36. The summed E-state index contributed by atoms with van der Waals surface area (Å²) in [5.74, 6) is 1.15. The zero-order valence-electron chi connectivity index (χ0n) is 18.0. The SMILES string of the molecule is CO[C@@H]1C[C@H]2CN(C(=O)Cc3ccc(S(C)(=O)=O)cc3)C[C@H]2C[C@H]1N(C)C.O=CO. The van der Waals surface area contributed by atoms with Gasteiger partial charge in [-0.1, -0.05) is 12.1 Å². The fourth-order valence-corrected chi connectivity index (χ4v) is 5.16. The van der Waals surface area contributed by atoms with Crippen LogP contribution >= 0.6 is 0 Å². The Morgan fingerprint density at radius 1 is 1.20 bits per heavy atom. The number of ether oxygens (including phenoxy) is 1. The van der Waals surface area contributed by atoms with E-state index in [1.807, 2.05) is 4.90 Å². The van der Waals surface area contributed by atoms with Crippen LogP contribution in [0.2, 0.25) is 0 Å². The summed E-state index contributed by atoms with van der Waals surface area (Å²) in [7, 11) is 2.75. The minimum Gasteiger partial charge on any atom is -0.483 e.